The minimum atomic E-state index is -0.364. The minimum Gasteiger partial charge on any atom is -0.472 e. The molecule has 8 heteroatoms. The number of fused-ring (bicyclic) bond motifs is 1. The average molecular weight is 479 g/mol. The molecule has 0 bridgehead atoms. The second-order valence-corrected chi connectivity index (χ2v) is 9.22. The maximum Gasteiger partial charge on any atom is 0.259 e. The molecule has 0 radical (unpaired) electrons. The van der Waals surface area contributed by atoms with Crippen LogP contribution in [0.25, 0.3) is 11.1 Å². The van der Waals surface area contributed by atoms with Crippen molar-refractivity contribution in [3.63, 3.8) is 0 Å². The van der Waals surface area contributed by atoms with E-state index >= 15 is 0 Å². The molecule has 0 saturated carbocycles. The number of rotatable bonds is 7. The van der Waals surface area contributed by atoms with Crippen molar-refractivity contribution in [2.45, 2.75) is 32.5 Å². The summed E-state index contributed by atoms with van der Waals surface area (Å²) in [6.07, 6.45) is 3.17. The Labute approximate surface area is 205 Å². The Kier molecular flexibility index (Phi) is 7.73. The van der Waals surface area contributed by atoms with Crippen molar-refractivity contribution in [3.8, 4) is 17.0 Å². The summed E-state index contributed by atoms with van der Waals surface area (Å²) >= 11 is 0. The zero-order valence-corrected chi connectivity index (χ0v) is 20.3. The molecule has 1 aliphatic rings. The van der Waals surface area contributed by atoms with Crippen molar-refractivity contribution in [2.24, 2.45) is 5.92 Å². The van der Waals surface area contributed by atoms with Crippen molar-refractivity contribution in [1.82, 2.24) is 19.8 Å². The van der Waals surface area contributed by atoms with Crippen molar-refractivity contribution in [2.75, 3.05) is 26.7 Å². The minimum absolute atomic E-state index is 0.00847. The first kappa shape index (κ1) is 24.8. The Morgan fingerprint density at radius 1 is 1.20 bits per heavy atom. The van der Waals surface area contributed by atoms with Crippen LogP contribution in [0.1, 0.15) is 29.9 Å². The fraction of sp³-hybridized carbons (Fsp3) is 0.370. The van der Waals surface area contributed by atoms with Gasteiger partial charge in [-0.25, -0.2) is 9.37 Å². The number of benzene rings is 1. The number of carbonyl (C=O) groups is 1. The topological polar surface area (TPSA) is 78.8 Å². The molecule has 0 spiro atoms. The average Bonchev–Trinajstić information content (AvgIpc) is 2.86. The third-order valence-electron chi connectivity index (χ3n) is 6.35. The molecule has 35 heavy (non-hydrogen) atoms. The second kappa shape index (κ2) is 10.9. The van der Waals surface area contributed by atoms with E-state index in [0.717, 1.165) is 11.3 Å². The smallest absolute Gasteiger partial charge is 0.259 e. The van der Waals surface area contributed by atoms with Crippen LogP contribution in [0.4, 0.5) is 4.39 Å². The van der Waals surface area contributed by atoms with Crippen molar-refractivity contribution in [3.05, 3.63) is 78.0 Å². The number of hydrogen-bond donors (Lipinski definition) is 1. The van der Waals surface area contributed by atoms with Gasteiger partial charge in [0.15, 0.2) is 0 Å². The number of ether oxygens (including phenoxy) is 1. The molecule has 7 nitrogen and oxygen atoms in total. The number of pyridine rings is 2. The molecule has 4 rings (SSSR count). The molecule has 0 fully saturated rings. The van der Waals surface area contributed by atoms with Gasteiger partial charge in [-0.05, 0) is 49.9 Å². The molecule has 3 atom stereocenters. The number of carbonyl (C=O) groups excluding carboxylic acids is 1. The first-order chi connectivity index (χ1) is 16.9. The summed E-state index contributed by atoms with van der Waals surface area (Å²) in [6, 6.07) is 13.3. The highest BCUT2D eigenvalue weighted by Gasteiger charge is 2.34. The van der Waals surface area contributed by atoms with Crippen LogP contribution in [-0.4, -0.2) is 69.7 Å². The maximum absolute atomic E-state index is 13.6. The van der Waals surface area contributed by atoms with E-state index in [0.29, 0.717) is 30.8 Å². The molecule has 1 amide bonds. The van der Waals surface area contributed by atoms with Gasteiger partial charge in [0.25, 0.3) is 5.91 Å². The molecule has 0 unspecified atom stereocenters. The van der Waals surface area contributed by atoms with Gasteiger partial charge in [0.1, 0.15) is 17.5 Å². The zero-order chi connectivity index (χ0) is 24.9. The van der Waals surface area contributed by atoms with Gasteiger partial charge in [-0.15, -0.1) is 0 Å². The first-order valence-electron chi connectivity index (χ1n) is 11.8. The van der Waals surface area contributed by atoms with E-state index in [2.05, 4.69) is 14.9 Å². The number of nitrogens with zero attached hydrogens (tertiary/aromatic N) is 4. The monoisotopic (exact) mass is 478 g/mol. The van der Waals surface area contributed by atoms with Gasteiger partial charge < -0.3 is 14.7 Å². The molecule has 2 aromatic heterocycles. The molecule has 1 aliphatic heterocycles. The van der Waals surface area contributed by atoms with Crippen LogP contribution in [0.15, 0.2) is 60.9 Å². The van der Waals surface area contributed by atoms with E-state index in [9.17, 15) is 14.3 Å². The quantitative estimate of drug-likeness (QED) is 0.559. The summed E-state index contributed by atoms with van der Waals surface area (Å²) in [6.45, 7) is 5.42. The Balaban J connectivity index is 1.65. The molecular weight excluding hydrogens is 447 g/mol. The standard InChI is InChI=1S/C27H31FN4O3/c1-18-14-32(19(2)17-33)27(34)24-12-21(20-7-9-22(28)10-8-20)13-30-26(24)35-25(18)16-31(3)15-23-6-4-5-11-29-23/h4-13,18-19,25,33H,14-17H2,1-3H3/t18-,19-,25-/m0/s1. The number of aromatic nitrogens is 2. The maximum atomic E-state index is 13.6. The largest absolute Gasteiger partial charge is 0.472 e. The molecule has 3 aromatic rings. The lowest BCUT2D eigenvalue weighted by molar-refractivity contribution is 0.0324. The Bertz CT molecular complexity index is 1140. The van der Waals surface area contributed by atoms with Gasteiger partial charge >= 0.3 is 0 Å². The van der Waals surface area contributed by atoms with Gasteiger partial charge in [-0.1, -0.05) is 25.1 Å². The fourth-order valence-electron chi connectivity index (χ4n) is 4.26. The lowest BCUT2D eigenvalue weighted by Crippen LogP contribution is -2.49. The lowest BCUT2D eigenvalue weighted by atomic mass is 9.99. The van der Waals surface area contributed by atoms with Gasteiger partial charge in [0, 0.05) is 43.5 Å². The van der Waals surface area contributed by atoms with E-state index < -0.39 is 0 Å². The van der Waals surface area contributed by atoms with E-state index in [4.69, 9.17) is 4.74 Å². The van der Waals surface area contributed by atoms with Gasteiger partial charge in [-0.2, -0.15) is 0 Å². The number of halogens is 1. The number of aliphatic hydroxyl groups excluding tert-OH is 1. The predicted molar refractivity (Wildman–Crippen MR) is 131 cm³/mol. The SMILES string of the molecule is C[C@H]1CN([C@@H](C)CO)C(=O)c2cc(-c3ccc(F)cc3)cnc2O[C@H]1CN(C)Cc1ccccn1. The summed E-state index contributed by atoms with van der Waals surface area (Å²) in [5.74, 6) is -0.322. The zero-order valence-electron chi connectivity index (χ0n) is 20.3. The fourth-order valence-corrected chi connectivity index (χ4v) is 4.26. The Morgan fingerprint density at radius 2 is 1.97 bits per heavy atom. The highest BCUT2D eigenvalue weighted by atomic mass is 19.1. The van der Waals surface area contributed by atoms with Crippen LogP contribution < -0.4 is 4.74 Å². The number of amides is 1. The normalized spacial score (nSPS) is 19.0. The van der Waals surface area contributed by atoms with Crippen molar-refractivity contribution in [1.29, 1.82) is 0 Å². The number of likely N-dealkylation sites (N-methyl/N-ethyl adjacent to an activating group) is 1. The Morgan fingerprint density at radius 3 is 2.66 bits per heavy atom. The van der Waals surface area contributed by atoms with Crippen LogP contribution in [0, 0.1) is 11.7 Å². The summed E-state index contributed by atoms with van der Waals surface area (Å²) in [7, 11) is 2.01. The molecule has 3 heterocycles. The third kappa shape index (κ3) is 5.83. The lowest BCUT2D eigenvalue weighted by Gasteiger charge is -2.37. The highest BCUT2D eigenvalue weighted by molar-refractivity contribution is 5.98. The van der Waals surface area contributed by atoms with Crippen LogP contribution in [0.3, 0.4) is 0 Å². The van der Waals surface area contributed by atoms with Crippen molar-refractivity contribution < 1.29 is 19.0 Å². The van der Waals surface area contributed by atoms with Crippen LogP contribution in [0.5, 0.6) is 5.88 Å². The summed E-state index contributed by atoms with van der Waals surface area (Å²) in [5, 5.41) is 9.84. The molecule has 1 N–H and O–H groups in total. The summed E-state index contributed by atoms with van der Waals surface area (Å²) < 4.78 is 19.8. The van der Waals surface area contributed by atoms with E-state index in [1.165, 1.54) is 12.1 Å². The molecular formula is C27H31FN4O3. The predicted octanol–water partition coefficient (Wildman–Crippen LogP) is 3.63. The van der Waals surface area contributed by atoms with E-state index in [1.807, 2.05) is 39.1 Å². The highest BCUT2D eigenvalue weighted by Crippen LogP contribution is 2.30. The number of aliphatic hydroxyl groups is 1. The van der Waals surface area contributed by atoms with Gasteiger partial charge in [0.05, 0.1) is 18.3 Å². The first-order valence-corrected chi connectivity index (χ1v) is 11.8. The third-order valence-corrected chi connectivity index (χ3v) is 6.35. The molecule has 1 aromatic carbocycles. The molecule has 0 aliphatic carbocycles. The van der Waals surface area contributed by atoms with E-state index in [1.54, 1.807) is 35.5 Å². The number of hydrogen-bond acceptors (Lipinski definition) is 6. The van der Waals surface area contributed by atoms with Crippen LogP contribution >= 0.6 is 0 Å². The summed E-state index contributed by atoms with van der Waals surface area (Å²) in [4.78, 5) is 26.3. The van der Waals surface area contributed by atoms with Gasteiger partial charge in [-0.3, -0.25) is 14.7 Å². The molecule has 0 saturated heterocycles. The van der Waals surface area contributed by atoms with E-state index in [-0.39, 0.29) is 42.3 Å². The summed E-state index contributed by atoms with van der Waals surface area (Å²) in [5.41, 5.74) is 2.73. The Hall–Kier alpha value is -3.36. The van der Waals surface area contributed by atoms with Crippen molar-refractivity contribution >= 4 is 5.91 Å². The molecule has 184 valence electrons. The van der Waals surface area contributed by atoms with Gasteiger partial charge in [0.2, 0.25) is 5.88 Å². The second-order valence-electron chi connectivity index (χ2n) is 9.22. The van der Waals surface area contributed by atoms with Crippen LogP contribution in [-0.2, 0) is 6.54 Å². The van der Waals surface area contributed by atoms with Crippen LogP contribution in [0.2, 0.25) is 0 Å².